The molecule has 0 aliphatic heterocycles. The monoisotopic (exact) mass is 303 g/mol. The molecule has 0 aromatic carbocycles. The van der Waals surface area contributed by atoms with Crippen molar-refractivity contribution in [2.45, 2.75) is 13.3 Å². The van der Waals surface area contributed by atoms with Gasteiger partial charge in [0.25, 0.3) is 5.91 Å². The van der Waals surface area contributed by atoms with Crippen LogP contribution in [0.5, 0.6) is 0 Å². The van der Waals surface area contributed by atoms with Gasteiger partial charge in [-0.15, -0.1) is 0 Å². The van der Waals surface area contributed by atoms with E-state index in [2.05, 4.69) is 10.3 Å². The number of aromatic nitrogens is 1. The maximum Gasteiger partial charge on any atom is 0.269 e. The number of hydrogen-bond donors (Lipinski definition) is 1. The van der Waals surface area contributed by atoms with Gasteiger partial charge in [0.1, 0.15) is 5.69 Å². The number of amides is 1. The molecule has 1 amide bonds. The summed E-state index contributed by atoms with van der Waals surface area (Å²) in [5, 5.41) is 2.57. The van der Waals surface area contributed by atoms with Crippen LogP contribution >= 0.6 is 0 Å². The van der Waals surface area contributed by atoms with E-state index >= 15 is 0 Å². The van der Waals surface area contributed by atoms with Gasteiger partial charge in [-0.2, -0.15) is 4.39 Å². The summed E-state index contributed by atoms with van der Waals surface area (Å²) in [7, 11) is -3.21. The number of hydrogen-bond acceptors (Lipinski definition) is 4. The molecule has 0 spiro atoms. The van der Waals surface area contributed by atoms with Gasteiger partial charge in [-0.25, -0.2) is 17.7 Å². The SMILES string of the molecule is CCN(CCCNC(=O)c1cccc(F)n1)S(C)(=O)=O. The van der Waals surface area contributed by atoms with Crippen molar-refractivity contribution in [3.8, 4) is 0 Å². The molecule has 0 fully saturated rings. The van der Waals surface area contributed by atoms with Crippen LogP contribution in [0.1, 0.15) is 23.8 Å². The van der Waals surface area contributed by atoms with E-state index in [-0.39, 0.29) is 5.69 Å². The van der Waals surface area contributed by atoms with E-state index in [1.165, 1.54) is 16.4 Å². The van der Waals surface area contributed by atoms with Crippen molar-refractivity contribution in [1.82, 2.24) is 14.6 Å². The smallest absolute Gasteiger partial charge is 0.269 e. The molecule has 0 saturated carbocycles. The van der Waals surface area contributed by atoms with Gasteiger partial charge in [0.05, 0.1) is 6.26 Å². The van der Waals surface area contributed by atoms with Crippen molar-refractivity contribution in [3.05, 3.63) is 29.8 Å². The Balaban J connectivity index is 2.40. The first-order chi connectivity index (χ1) is 9.34. The lowest BCUT2D eigenvalue weighted by Gasteiger charge is -2.17. The second kappa shape index (κ2) is 7.30. The highest BCUT2D eigenvalue weighted by molar-refractivity contribution is 7.88. The molecule has 0 atom stereocenters. The summed E-state index contributed by atoms with van der Waals surface area (Å²) in [6.45, 7) is 2.75. The second-order valence-corrected chi connectivity index (χ2v) is 6.19. The summed E-state index contributed by atoms with van der Waals surface area (Å²) >= 11 is 0. The largest absolute Gasteiger partial charge is 0.351 e. The zero-order valence-electron chi connectivity index (χ0n) is 11.5. The van der Waals surface area contributed by atoms with Crippen LogP contribution < -0.4 is 5.32 Å². The Morgan fingerprint density at radius 1 is 1.45 bits per heavy atom. The molecule has 20 heavy (non-hydrogen) atoms. The van der Waals surface area contributed by atoms with Crippen LogP contribution in [0, 0.1) is 5.95 Å². The predicted molar refractivity (Wildman–Crippen MR) is 73.2 cm³/mol. The summed E-state index contributed by atoms with van der Waals surface area (Å²) in [5.74, 6) is -1.20. The van der Waals surface area contributed by atoms with Gasteiger partial charge in [-0.3, -0.25) is 4.79 Å². The van der Waals surface area contributed by atoms with Crippen molar-refractivity contribution >= 4 is 15.9 Å². The Bertz CT molecular complexity index is 563. The van der Waals surface area contributed by atoms with Crippen LogP contribution in [0.3, 0.4) is 0 Å². The van der Waals surface area contributed by atoms with Crippen molar-refractivity contribution in [2.75, 3.05) is 25.9 Å². The third kappa shape index (κ3) is 5.22. The van der Waals surface area contributed by atoms with E-state index in [0.29, 0.717) is 26.1 Å². The molecular formula is C12H18FN3O3S. The summed E-state index contributed by atoms with van der Waals surface area (Å²) in [6.07, 6.45) is 1.62. The van der Waals surface area contributed by atoms with Gasteiger partial charge < -0.3 is 5.32 Å². The maximum absolute atomic E-state index is 12.8. The number of nitrogens with zero attached hydrogens (tertiary/aromatic N) is 2. The number of rotatable bonds is 7. The molecule has 0 aliphatic rings. The van der Waals surface area contributed by atoms with E-state index in [4.69, 9.17) is 0 Å². The first kappa shape index (κ1) is 16.5. The van der Waals surface area contributed by atoms with E-state index in [1.807, 2.05) is 0 Å². The average molecular weight is 303 g/mol. The van der Waals surface area contributed by atoms with Gasteiger partial charge in [-0.05, 0) is 18.6 Å². The van der Waals surface area contributed by atoms with Crippen LogP contribution in [0.4, 0.5) is 4.39 Å². The lowest BCUT2D eigenvalue weighted by molar-refractivity contribution is 0.0946. The standard InChI is InChI=1S/C12H18FN3O3S/c1-3-16(20(2,18)19)9-5-8-14-12(17)10-6-4-7-11(13)15-10/h4,6-7H,3,5,8-9H2,1-2H3,(H,14,17). The topological polar surface area (TPSA) is 79.4 Å². The molecule has 0 radical (unpaired) electrons. The van der Waals surface area contributed by atoms with Gasteiger partial charge >= 0.3 is 0 Å². The summed E-state index contributed by atoms with van der Waals surface area (Å²) in [6, 6.07) is 3.97. The molecule has 112 valence electrons. The van der Waals surface area contributed by atoms with Crippen molar-refractivity contribution in [2.24, 2.45) is 0 Å². The fourth-order valence-electron chi connectivity index (χ4n) is 1.64. The molecule has 0 unspecified atom stereocenters. The number of carbonyl (C=O) groups is 1. The molecular weight excluding hydrogens is 285 g/mol. The first-order valence-electron chi connectivity index (χ1n) is 6.20. The minimum Gasteiger partial charge on any atom is -0.351 e. The Hall–Kier alpha value is -1.54. The van der Waals surface area contributed by atoms with Crippen molar-refractivity contribution < 1.29 is 17.6 Å². The molecule has 0 saturated heterocycles. The molecule has 1 heterocycles. The minimum atomic E-state index is -3.21. The van der Waals surface area contributed by atoms with Gasteiger partial charge in [0.15, 0.2) is 0 Å². The Morgan fingerprint density at radius 2 is 2.15 bits per heavy atom. The van der Waals surface area contributed by atoms with E-state index < -0.39 is 21.9 Å². The van der Waals surface area contributed by atoms with E-state index in [0.717, 1.165) is 12.3 Å². The molecule has 8 heteroatoms. The average Bonchev–Trinajstić information content (AvgIpc) is 2.37. The highest BCUT2D eigenvalue weighted by Crippen LogP contribution is 2.00. The molecule has 0 aliphatic carbocycles. The van der Waals surface area contributed by atoms with Crippen LogP contribution in [0.25, 0.3) is 0 Å². The zero-order chi connectivity index (χ0) is 15.2. The second-order valence-electron chi connectivity index (χ2n) is 4.21. The molecule has 1 aromatic rings. The molecule has 0 bridgehead atoms. The fraction of sp³-hybridized carbons (Fsp3) is 0.500. The zero-order valence-corrected chi connectivity index (χ0v) is 12.3. The summed E-state index contributed by atoms with van der Waals surface area (Å²) in [4.78, 5) is 15.1. The highest BCUT2D eigenvalue weighted by atomic mass is 32.2. The molecule has 1 aromatic heterocycles. The summed E-state index contributed by atoms with van der Waals surface area (Å²) in [5.41, 5.74) is 0.000427. The van der Waals surface area contributed by atoms with Crippen LogP contribution in [0.2, 0.25) is 0 Å². The Labute approximate surface area is 118 Å². The number of carbonyl (C=O) groups excluding carboxylic acids is 1. The Morgan fingerprint density at radius 3 is 2.70 bits per heavy atom. The molecule has 1 N–H and O–H groups in total. The molecule has 6 nitrogen and oxygen atoms in total. The first-order valence-corrected chi connectivity index (χ1v) is 8.05. The van der Waals surface area contributed by atoms with Crippen molar-refractivity contribution in [3.63, 3.8) is 0 Å². The van der Waals surface area contributed by atoms with Crippen LogP contribution in [-0.2, 0) is 10.0 Å². The van der Waals surface area contributed by atoms with Gasteiger partial charge in [0.2, 0.25) is 16.0 Å². The van der Waals surface area contributed by atoms with E-state index in [9.17, 15) is 17.6 Å². The van der Waals surface area contributed by atoms with Crippen molar-refractivity contribution in [1.29, 1.82) is 0 Å². The maximum atomic E-state index is 12.8. The number of halogens is 1. The number of pyridine rings is 1. The Kier molecular flexibility index (Phi) is 6.03. The lowest BCUT2D eigenvalue weighted by Crippen LogP contribution is -2.33. The lowest BCUT2D eigenvalue weighted by atomic mass is 10.3. The quantitative estimate of drug-likeness (QED) is 0.591. The third-order valence-corrected chi connectivity index (χ3v) is 4.02. The summed E-state index contributed by atoms with van der Waals surface area (Å²) < 4.78 is 36.8. The van der Waals surface area contributed by atoms with Gasteiger partial charge in [-0.1, -0.05) is 13.0 Å². The minimum absolute atomic E-state index is 0.000427. The van der Waals surface area contributed by atoms with Crippen LogP contribution in [-0.4, -0.2) is 49.5 Å². The number of nitrogens with one attached hydrogen (secondary N) is 1. The highest BCUT2D eigenvalue weighted by Gasteiger charge is 2.13. The molecule has 1 rings (SSSR count). The third-order valence-electron chi connectivity index (χ3n) is 2.64. The van der Waals surface area contributed by atoms with E-state index in [1.54, 1.807) is 6.92 Å². The van der Waals surface area contributed by atoms with Crippen LogP contribution in [0.15, 0.2) is 18.2 Å². The fourth-order valence-corrected chi connectivity index (χ4v) is 2.57. The predicted octanol–water partition coefficient (Wildman–Crippen LogP) is 0.622. The normalized spacial score (nSPS) is 11.6. The van der Waals surface area contributed by atoms with Gasteiger partial charge in [0, 0.05) is 19.6 Å². The number of sulfonamides is 1.